The van der Waals surface area contributed by atoms with E-state index in [0.29, 0.717) is 6.04 Å². The first kappa shape index (κ1) is 17.9. The highest BCUT2D eigenvalue weighted by Crippen LogP contribution is 2.19. The quantitative estimate of drug-likeness (QED) is 0.494. The maximum atomic E-state index is 5.50. The van der Waals surface area contributed by atoms with Gasteiger partial charge in [-0.2, -0.15) is 0 Å². The fourth-order valence-electron chi connectivity index (χ4n) is 2.41. The lowest BCUT2D eigenvalue weighted by atomic mass is 9.91. The predicted molar refractivity (Wildman–Crippen MR) is 81.1 cm³/mol. The van der Waals surface area contributed by atoms with Crippen molar-refractivity contribution in [2.45, 2.75) is 78.7 Å². The standard InChI is InChI=1S/C16H35NO/c1-5-9-10-15(7-3)14-16(17-12-6-2)11-13-18-8-4/h15-17H,5-14H2,1-4H3. The van der Waals surface area contributed by atoms with E-state index in [1.165, 1.54) is 38.5 Å². The Balaban J connectivity index is 3.99. The molecule has 0 aromatic rings. The molecule has 0 heterocycles. The van der Waals surface area contributed by atoms with Crippen molar-refractivity contribution in [1.29, 1.82) is 0 Å². The van der Waals surface area contributed by atoms with Crippen molar-refractivity contribution < 1.29 is 4.74 Å². The fourth-order valence-corrected chi connectivity index (χ4v) is 2.41. The Morgan fingerprint density at radius 2 is 1.78 bits per heavy atom. The van der Waals surface area contributed by atoms with Crippen LogP contribution >= 0.6 is 0 Å². The molecule has 1 N–H and O–H groups in total. The van der Waals surface area contributed by atoms with Gasteiger partial charge in [0.15, 0.2) is 0 Å². The van der Waals surface area contributed by atoms with Crippen LogP contribution in [0.2, 0.25) is 0 Å². The van der Waals surface area contributed by atoms with Crippen molar-refractivity contribution in [2.24, 2.45) is 5.92 Å². The molecule has 0 rings (SSSR count). The summed E-state index contributed by atoms with van der Waals surface area (Å²) in [6, 6.07) is 0.651. The highest BCUT2D eigenvalue weighted by molar-refractivity contribution is 4.71. The Labute approximate surface area is 115 Å². The molecule has 0 aromatic carbocycles. The largest absolute Gasteiger partial charge is 0.382 e. The Kier molecular flexibility index (Phi) is 13.3. The van der Waals surface area contributed by atoms with Gasteiger partial charge in [0.05, 0.1) is 0 Å². The monoisotopic (exact) mass is 257 g/mol. The number of rotatable bonds is 13. The molecule has 18 heavy (non-hydrogen) atoms. The lowest BCUT2D eigenvalue weighted by Crippen LogP contribution is -2.33. The molecule has 0 aliphatic heterocycles. The molecule has 0 spiro atoms. The molecule has 2 unspecified atom stereocenters. The maximum Gasteiger partial charge on any atom is 0.0480 e. The van der Waals surface area contributed by atoms with E-state index in [1.807, 2.05) is 0 Å². The summed E-state index contributed by atoms with van der Waals surface area (Å²) >= 11 is 0. The molecule has 0 aromatic heterocycles. The smallest absolute Gasteiger partial charge is 0.0480 e. The van der Waals surface area contributed by atoms with Crippen LogP contribution in [0.25, 0.3) is 0 Å². The average Bonchev–Trinajstić information content (AvgIpc) is 2.40. The number of ether oxygens (including phenoxy) is 1. The van der Waals surface area contributed by atoms with Gasteiger partial charge in [-0.3, -0.25) is 0 Å². The first-order valence-electron chi connectivity index (χ1n) is 8.09. The maximum absolute atomic E-state index is 5.50. The van der Waals surface area contributed by atoms with Crippen LogP contribution in [-0.4, -0.2) is 25.8 Å². The minimum absolute atomic E-state index is 0.651. The van der Waals surface area contributed by atoms with Crippen LogP contribution in [0.1, 0.15) is 72.6 Å². The lowest BCUT2D eigenvalue weighted by Gasteiger charge is -2.24. The summed E-state index contributed by atoms with van der Waals surface area (Å²) in [6.45, 7) is 11.8. The van der Waals surface area contributed by atoms with Crippen LogP contribution in [0.4, 0.5) is 0 Å². The molecule has 2 nitrogen and oxygen atoms in total. The molecule has 110 valence electrons. The van der Waals surface area contributed by atoms with Crippen molar-refractivity contribution >= 4 is 0 Å². The summed E-state index contributed by atoms with van der Waals surface area (Å²) in [5.74, 6) is 0.890. The minimum atomic E-state index is 0.651. The zero-order valence-electron chi connectivity index (χ0n) is 13.1. The molecule has 0 bridgehead atoms. The summed E-state index contributed by atoms with van der Waals surface area (Å²) < 4.78 is 5.50. The summed E-state index contributed by atoms with van der Waals surface area (Å²) in [7, 11) is 0. The van der Waals surface area contributed by atoms with Gasteiger partial charge in [0.25, 0.3) is 0 Å². The first-order chi connectivity index (χ1) is 8.78. The van der Waals surface area contributed by atoms with Crippen molar-refractivity contribution in [3.63, 3.8) is 0 Å². The predicted octanol–water partition coefficient (Wildman–Crippen LogP) is 4.39. The van der Waals surface area contributed by atoms with Crippen molar-refractivity contribution in [2.75, 3.05) is 19.8 Å². The number of nitrogens with one attached hydrogen (secondary N) is 1. The molecule has 0 radical (unpaired) electrons. The summed E-state index contributed by atoms with van der Waals surface area (Å²) in [5.41, 5.74) is 0. The van der Waals surface area contributed by atoms with Crippen molar-refractivity contribution in [3.8, 4) is 0 Å². The fraction of sp³-hybridized carbons (Fsp3) is 1.00. The van der Waals surface area contributed by atoms with Crippen molar-refractivity contribution in [3.05, 3.63) is 0 Å². The van der Waals surface area contributed by atoms with Crippen LogP contribution in [0.5, 0.6) is 0 Å². The molecule has 0 amide bonds. The summed E-state index contributed by atoms with van der Waals surface area (Å²) in [6.07, 6.45) is 9.12. The van der Waals surface area contributed by atoms with E-state index >= 15 is 0 Å². The Morgan fingerprint density at radius 1 is 1.00 bits per heavy atom. The second-order valence-corrected chi connectivity index (χ2v) is 5.29. The Hall–Kier alpha value is -0.0800. The summed E-state index contributed by atoms with van der Waals surface area (Å²) in [4.78, 5) is 0. The minimum Gasteiger partial charge on any atom is -0.382 e. The van der Waals surface area contributed by atoms with Crippen LogP contribution in [-0.2, 0) is 4.74 Å². The van der Waals surface area contributed by atoms with E-state index in [9.17, 15) is 0 Å². The van der Waals surface area contributed by atoms with E-state index in [1.54, 1.807) is 0 Å². The van der Waals surface area contributed by atoms with E-state index < -0.39 is 0 Å². The van der Waals surface area contributed by atoms with E-state index in [-0.39, 0.29) is 0 Å². The number of unbranched alkanes of at least 4 members (excludes halogenated alkanes) is 1. The average molecular weight is 257 g/mol. The normalized spacial score (nSPS) is 14.7. The van der Waals surface area contributed by atoms with Crippen LogP contribution in [0, 0.1) is 5.92 Å². The van der Waals surface area contributed by atoms with Crippen LogP contribution < -0.4 is 5.32 Å². The number of hydrogen-bond donors (Lipinski definition) is 1. The molecule has 0 saturated heterocycles. The van der Waals surface area contributed by atoms with Crippen LogP contribution in [0.3, 0.4) is 0 Å². The molecule has 2 atom stereocenters. The zero-order valence-corrected chi connectivity index (χ0v) is 13.1. The van der Waals surface area contributed by atoms with Gasteiger partial charge in [-0.15, -0.1) is 0 Å². The van der Waals surface area contributed by atoms with E-state index in [0.717, 1.165) is 32.1 Å². The molecule has 0 aliphatic rings. The Bertz CT molecular complexity index is 161. The molecule has 0 saturated carbocycles. The van der Waals surface area contributed by atoms with Gasteiger partial charge >= 0.3 is 0 Å². The van der Waals surface area contributed by atoms with Gasteiger partial charge in [-0.25, -0.2) is 0 Å². The molecular weight excluding hydrogens is 222 g/mol. The second-order valence-electron chi connectivity index (χ2n) is 5.29. The first-order valence-corrected chi connectivity index (χ1v) is 8.09. The van der Waals surface area contributed by atoms with Gasteiger partial charge in [0, 0.05) is 19.3 Å². The number of hydrogen-bond acceptors (Lipinski definition) is 2. The van der Waals surface area contributed by atoms with Crippen LogP contribution in [0.15, 0.2) is 0 Å². The van der Waals surface area contributed by atoms with E-state index in [4.69, 9.17) is 4.74 Å². The SMILES string of the molecule is CCCCC(CC)CC(CCOCC)NCCC. The van der Waals surface area contributed by atoms with Gasteiger partial charge in [-0.1, -0.05) is 46.5 Å². The third-order valence-electron chi connectivity index (χ3n) is 3.66. The second kappa shape index (κ2) is 13.4. The topological polar surface area (TPSA) is 21.3 Å². The highest BCUT2D eigenvalue weighted by atomic mass is 16.5. The zero-order chi connectivity index (χ0) is 13.6. The summed E-state index contributed by atoms with van der Waals surface area (Å²) in [5, 5.41) is 3.69. The molecule has 0 fully saturated rings. The molecule has 2 heteroatoms. The van der Waals surface area contributed by atoms with Gasteiger partial charge in [0.2, 0.25) is 0 Å². The highest BCUT2D eigenvalue weighted by Gasteiger charge is 2.14. The molecule has 0 aliphatic carbocycles. The lowest BCUT2D eigenvalue weighted by molar-refractivity contribution is 0.132. The molecular formula is C16H35NO. The van der Waals surface area contributed by atoms with Gasteiger partial charge in [0.1, 0.15) is 0 Å². The Morgan fingerprint density at radius 3 is 2.33 bits per heavy atom. The van der Waals surface area contributed by atoms with Crippen molar-refractivity contribution in [1.82, 2.24) is 5.32 Å². The van der Waals surface area contributed by atoms with Gasteiger partial charge in [-0.05, 0) is 38.6 Å². The third kappa shape index (κ3) is 9.90. The van der Waals surface area contributed by atoms with Gasteiger partial charge < -0.3 is 10.1 Å². The van der Waals surface area contributed by atoms with E-state index in [2.05, 4.69) is 33.0 Å². The third-order valence-corrected chi connectivity index (χ3v) is 3.66.